The molecule has 0 amide bonds. The smallest absolute Gasteiger partial charge is 0.128 e. The Hall–Kier alpha value is -3.93. The average molecular weight is 397 g/mol. The molecule has 0 aliphatic heterocycles. The third kappa shape index (κ3) is 3.80. The summed E-state index contributed by atoms with van der Waals surface area (Å²) in [6.07, 6.45) is 6.62. The molecule has 0 bridgehead atoms. The van der Waals surface area contributed by atoms with Gasteiger partial charge in [0.05, 0.1) is 0 Å². The number of phenolic OH excluding ortho intramolecular Hbond substituents is 1. The number of hydrogen-bond donors (Lipinski definition) is 5. The van der Waals surface area contributed by atoms with Gasteiger partial charge in [0.2, 0.25) is 0 Å². The topological polar surface area (TPSA) is 88.8 Å². The monoisotopic (exact) mass is 397 g/mol. The molecule has 0 fully saturated rings. The lowest BCUT2D eigenvalue weighted by molar-refractivity contribution is 0.476. The summed E-state index contributed by atoms with van der Waals surface area (Å²) in [4.78, 5) is 10.9. The van der Waals surface area contributed by atoms with E-state index in [-0.39, 0.29) is 5.75 Å². The largest absolute Gasteiger partial charge is 0.508 e. The summed E-state index contributed by atoms with van der Waals surface area (Å²) in [5.41, 5.74) is 5.60. The Morgan fingerprint density at radius 2 is 1.83 bits per heavy atom. The number of phenols is 1. The summed E-state index contributed by atoms with van der Waals surface area (Å²) in [7, 11) is 0. The highest BCUT2D eigenvalue weighted by molar-refractivity contribution is 5.84. The molecule has 30 heavy (non-hydrogen) atoms. The molecule has 0 saturated heterocycles. The predicted molar refractivity (Wildman–Crippen MR) is 122 cm³/mol. The molecule has 0 saturated carbocycles. The normalized spacial score (nSPS) is 11.2. The average Bonchev–Trinajstić information content (AvgIpc) is 3.39. The fourth-order valence-electron chi connectivity index (χ4n) is 3.76. The van der Waals surface area contributed by atoms with Crippen molar-refractivity contribution in [1.82, 2.24) is 15.0 Å². The van der Waals surface area contributed by atoms with Gasteiger partial charge in [0.1, 0.15) is 11.6 Å². The number of aromatic hydroxyl groups is 1. The summed E-state index contributed by atoms with van der Waals surface area (Å²) in [6, 6.07) is 17.9. The van der Waals surface area contributed by atoms with Crippen LogP contribution in [-0.4, -0.2) is 26.6 Å². The fraction of sp³-hybridized carbons (Fsp3) is 0.125. The van der Waals surface area contributed by atoms with Crippen molar-refractivity contribution in [2.24, 2.45) is 0 Å². The Labute approximate surface area is 174 Å². The van der Waals surface area contributed by atoms with Crippen LogP contribution in [0.15, 0.2) is 73.2 Å². The van der Waals surface area contributed by atoms with Gasteiger partial charge in [-0.1, -0.05) is 6.07 Å². The van der Waals surface area contributed by atoms with E-state index in [1.807, 2.05) is 36.8 Å². The number of pyridine rings is 1. The van der Waals surface area contributed by atoms with E-state index in [9.17, 15) is 5.11 Å². The second-order valence-electron chi connectivity index (χ2n) is 7.40. The van der Waals surface area contributed by atoms with Gasteiger partial charge in [0.15, 0.2) is 0 Å². The second kappa shape index (κ2) is 7.83. The summed E-state index contributed by atoms with van der Waals surface area (Å²) in [5.74, 6) is 1.13. The van der Waals surface area contributed by atoms with Gasteiger partial charge in [0, 0.05) is 59.9 Å². The molecule has 5 N–H and O–H groups in total. The van der Waals surface area contributed by atoms with Crippen LogP contribution in [0.2, 0.25) is 0 Å². The molecule has 5 aromatic rings. The van der Waals surface area contributed by atoms with Crippen molar-refractivity contribution in [2.45, 2.75) is 13.0 Å². The minimum Gasteiger partial charge on any atom is -0.508 e. The molecule has 0 radical (unpaired) electrons. The van der Waals surface area contributed by atoms with Crippen molar-refractivity contribution < 1.29 is 5.11 Å². The number of hydrogen-bond acceptors (Lipinski definition) is 4. The van der Waals surface area contributed by atoms with Crippen molar-refractivity contribution in [2.75, 3.05) is 17.2 Å². The van der Waals surface area contributed by atoms with E-state index in [0.717, 1.165) is 47.4 Å². The van der Waals surface area contributed by atoms with Crippen LogP contribution >= 0.6 is 0 Å². The van der Waals surface area contributed by atoms with Crippen LogP contribution in [0.3, 0.4) is 0 Å². The van der Waals surface area contributed by atoms with E-state index < -0.39 is 0 Å². The molecule has 0 unspecified atom stereocenters. The Balaban J connectivity index is 1.19. The highest BCUT2D eigenvalue weighted by atomic mass is 16.3. The van der Waals surface area contributed by atoms with Crippen LogP contribution in [0, 0.1) is 0 Å². The van der Waals surface area contributed by atoms with E-state index in [1.165, 1.54) is 16.5 Å². The molecular formula is C24H23N5O. The Kier molecular flexibility index (Phi) is 4.73. The third-order valence-corrected chi connectivity index (χ3v) is 5.33. The number of aromatic amines is 2. The van der Waals surface area contributed by atoms with Gasteiger partial charge in [-0.25, -0.2) is 4.98 Å². The fourth-order valence-corrected chi connectivity index (χ4v) is 3.76. The van der Waals surface area contributed by atoms with E-state index in [1.54, 1.807) is 12.1 Å². The lowest BCUT2D eigenvalue weighted by Crippen LogP contribution is -2.06. The maximum Gasteiger partial charge on any atom is 0.128 e. The van der Waals surface area contributed by atoms with Crippen LogP contribution in [0.1, 0.15) is 11.1 Å². The maximum absolute atomic E-state index is 9.74. The van der Waals surface area contributed by atoms with Crippen molar-refractivity contribution in [1.29, 1.82) is 0 Å². The van der Waals surface area contributed by atoms with Crippen molar-refractivity contribution >= 4 is 33.3 Å². The number of anilines is 2. The van der Waals surface area contributed by atoms with Crippen LogP contribution in [0.4, 0.5) is 11.5 Å². The molecule has 3 heterocycles. The first-order valence-corrected chi connectivity index (χ1v) is 10.0. The van der Waals surface area contributed by atoms with E-state index in [4.69, 9.17) is 0 Å². The zero-order chi connectivity index (χ0) is 20.3. The third-order valence-electron chi connectivity index (χ3n) is 5.33. The summed E-state index contributed by atoms with van der Waals surface area (Å²) in [5, 5.41) is 18.9. The van der Waals surface area contributed by atoms with Crippen LogP contribution in [-0.2, 0) is 13.0 Å². The number of nitrogens with zero attached hydrogens (tertiary/aromatic N) is 1. The minimum atomic E-state index is 0.289. The van der Waals surface area contributed by atoms with Gasteiger partial charge in [-0.3, -0.25) is 0 Å². The van der Waals surface area contributed by atoms with Crippen molar-refractivity contribution in [3.63, 3.8) is 0 Å². The quantitative estimate of drug-likeness (QED) is 0.267. The van der Waals surface area contributed by atoms with E-state index in [0.29, 0.717) is 0 Å². The summed E-state index contributed by atoms with van der Waals surface area (Å²) in [6.45, 7) is 1.51. The SMILES string of the molecule is Oc1ccc2[nH]cc(CCNc3ccnc(NCc4ccc5[nH]ccc5c4)c3)c2c1. The van der Waals surface area contributed by atoms with Crippen molar-refractivity contribution in [3.05, 3.63) is 84.3 Å². The lowest BCUT2D eigenvalue weighted by Gasteiger charge is -2.10. The Morgan fingerprint density at radius 3 is 2.80 bits per heavy atom. The van der Waals surface area contributed by atoms with Crippen LogP contribution in [0.5, 0.6) is 5.75 Å². The number of benzene rings is 2. The molecule has 6 heteroatoms. The Morgan fingerprint density at radius 1 is 0.900 bits per heavy atom. The van der Waals surface area contributed by atoms with Gasteiger partial charge >= 0.3 is 0 Å². The Bertz CT molecular complexity index is 1300. The molecule has 3 aromatic heterocycles. The molecule has 6 nitrogen and oxygen atoms in total. The number of H-pyrrole nitrogens is 2. The van der Waals surface area contributed by atoms with Crippen LogP contribution < -0.4 is 10.6 Å². The first kappa shape index (κ1) is 18.1. The first-order chi connectivity index (χ1) is 14.7. The van der Waals surface area contributed by atoms with Gasteiger partial charge in [-0.15, -0.1) is 0 Å². The van der Waals surface area contributed by atoms with Gasteiger partial charge in [0.25, 0.3) is 0 Å². The highest BCUT2D eigenvalue weighted by Gasteiger charge is 2.05. The van der Waals surface area contributed by atoms with Gasteiger partial charge in [-0.2, -0.15) is 0 Å². The second-order valence-corrected chi connectivity index (χ2v) is 7.40. The zero-order valence-corrected chi connectivity index (χ0v) is 16.4. The van der Waals surface area contributed by atoms with Crippen LogP contribution in [0.25, 0.3) is 21.8 Å². The number of fused-ring (bicyclic) bond motifs is 2. The van der Waals surface area contributed by atoms with E-state index in [2.05, 4.69) is 49.9 Å². The highest BCUT2D eigenvalue weighted by Crippen LogP contribution is 2.23. The zero-order valence-electron chi connectivity index (χ0n) is 16.4. The standard InChI is InChI=1S/C24H23N5O/c30-20-2-4-23-21(13-20)18(15-28-23)6-8-25-19-7-10-27-24(12-19)29-14-16-1-3-22-17(11-16)5-9-26-22/h1-5,7,9-13,15,26,28,30H,6,8,14H2,(H2,25,27,29). The van der Waals surface area contributed by atoms with Crippen molar-refractivity contribution in [3.8, 4) is 5.75 Å². The summed E-state index contributed by atoms with van der Waals surface area (Å²) < 4.78 is 0. The minimum absolute atomic E-state index is 0.289. The predicted octanol–water partition coefficient (Wildman–Crippen LogP) is 5.02. The molecule has 0 aliphatic rings. The first-order valence-electron chi connectivity index (χ1n) is 10.0. The van der Waals surface area contributed by atoms with Gasteiger partial charge < -0.3 is 25.7 Å². The molecule has 0 spiro atoms. The lowest BCUT2D eigenvalue weighted by atomic mass is 10.1. The maximum atomic E-state index is 9.74. The molecule has 0 atom stereocenters. The van der Waals surface area contributed by atoms with Gasteiger partial charge in [-0.05, 0) is 65.4 Å². The molecular weight excluding hydrogens is 374 g/mol. The molecule has 2 aromatic carbocycles. The molecule has 150 valence electrons. The number of aromatic nitrogens is 3. The summed E-state index contributed by atoms with van der Waals surface area (Å²) >= 11 is 0. The molecule has 0 aliphatic carbocycles. The number of rotatable bonds is 7. The molecule has 5 rings (SSSR count). The number of nitrogens with one attached hydrogen (secondary N) is 4. The van der Waals surface area contributed by atoms with E-state index >= 15 is 0 Å².